The van der Waals surface area contributed by atoms with Crippen LogP contribution in [-0.2, 0) is 9.47 Å². The van der Waals surface area contributed by atoms with Gasteiger partial charge in [-0.05, 0) is 38.2 Å². The Kier molecular flexibility index (Phi) is 3.55. The first-order valence-electron chi connectivity index (χ1n) is 9.35. The fourth-order valence-electron chi connectivity index (χ4n) is 4.59. The molecule has 5 rings (SSSR count). The summed E-state index contributed by atoms with van der Waals surface area (Å²) in [6.07, 6.45) is 11.2. The van der Waals surface area contributed by atoms with Crippen LogP contribution in [0.5, 0.6) is 0 Å². The second-order valence-corrected chi connectivity index (χ2v) is 7.93. The van der Waals surface area contributed by atoms with Gasteiger partial charge in [-0.3, -0.25) is 0 Å². The molecule has 6 nitrogen and oxygen atoms in total. The Morgan fingerprint density at radius 1 is 1.24 bits per heavy atom. The minimum absolute atomic E-state index is 0.00769. The van der Waals surface area contributed by atoms with Crippen molar-refractivity contribution in [2.24, 2.45) is 5.41 Å². The highest BCUT2D eigenvalue weighted by atomic mass is 16.5. The van der Waals surface area contributed by atoms with Crippen LogP contribution in [0.3, 0.4) is 0 Å². The number of hydrogen-bond donors (Lipinski definition) is 0. The van der Waals surface area contributed by atoms with Gasteiger partial charge in [0.05, 0.1) is 31.0 Å². The van der Waals surface area contributed by atoms with E-state index in [9.17, 15) is 4.79 Å². The second-order valence-electron chi connectivity index (χ2n) is 7.93. The number of carbonyl (C=O) groups excluding carboxylic acids is 1. The summed E-state index contributed by atoms with van der Waals surface area (Å²) in [6.45, 7) is 1.63. The topological polar surface area (TPSA) is 66.2 Å². The van der Waals surface area contributed by atoms with Gasteiger partial charge in [-0.25, -0.2) is 14.5 Å². The molecule has 1 aliphatic heterocycles. The van der Waals surface area contributed by atoms with Crippen LogP contribution in [-0.4, -0.2) is 40.1 Å². The largest absolute Gasteiger partial charge is 0.459 e. The van der Waals surface area contributed by atoms with E-state index < -0.39 is 0 Å². The van der Waals surface area contributed by atoms with Gasteiger partial charge in [-0.15, -0.1) is 0 Å². The number of pyridine rings is 1. The van der Waals surface area contributed by atoms with E-state index in [0.29, 0.717) is 11.6 Å². The summed E-state index contributed by atoms with van der Waals surface area (Å²) >= 11 is 0. The van der Waals surface area contributed by atoms with Gasteiger partial charge in [0.1, 0.15) is 6.10 Å². The average Bonchev–Trinajstić information content (AvgIpc) is 3.32. The molecule has 1 unspecified atom stereocenters. The number of rotatable bonds is 3. The number of ether oxygens (including phenoxy) is 2. The van der Waals surface area contributed by atoms with E-state index in [1.54, 1.807) is 6.20 Å². The maximum atomic E-state index is 12.5. The number of carbonyl (C=O) groups is 1. The molecule has 1 atom stereocenters. The van der Waals surface area contributed by atoms with Crippen LogP contribution in [0.15, 0.2) is 18.5 Å². The third-order valence-electron chi connectivity index (χ3n) is 6.09. The SMILES string of the molecule is O=C(OC1CCC2(COC2)C1)c1cnc2c(cnn2C2CCCC2)c1. The molecule has 6 heteroatoms. The number of fused-ring (bicyclic) bond motifs is 1. The van der Waals surface area contributed by atoms with Gasteiger partial charge in [0, 0.05) is 17.0 Å². The van der Waals surface area contributed by atoms with Crippen molar-refractivity contribution in [1.29, 1.82) is 0 Å². The second kappa shape index (κ2) is 5.80. The lowest BCUT2D eigenvalue weighted by Gasteiger charge is -2.37. The zero-order valence-corrected chi connectivity index (χ0v) is 14.3. The van der Waals surface area contributed by atoms with Crippen LogP contribution in [0.2, 0.25) is 0 Å². The van der Waals surface area contributed by atoms with Gasteiger partial charge in [0.15, 0.2) is 5.65 Å². The summed E-state index contributed by atoms with van der Waals surface area (Å²) in [5, 5.41) is 5.42. The fraction of sp³-hybridized carbons (Fsp3) is 0.632. The van der Waals surface area contributed by atoms with Crippen molar-refractivity contribution in [1.82, 2.24) is 14.8 Å². The molecule has 3 fully saturated rings. The zero-order chi connectivity index (χ0) is 16.9. The molecule has 3 heterocycles. The van der Waals surface area contributed by atoms with Gasteiger partial charge in [0.2, 0.25) is 0 Å². The van der Waals surface area contributed by atoms with Crippen molar-refractivity contribution in [3.8, 4) is 0 Å². The fourth-order valence-corrected chi connectivity index (χ4v) is 4.59. The van der Waals surface area contributed by atoms with E-state index in [2.05, 4.69) is 10.1 Å². The Morgan fingerprint density at radius 3 is 2.80 bits per heavy atom. The van der Waals surface area contributed by atoms with Gasteiger partial charge < -0.3 is 9.47 Å². The van der Waals surface area contributed by atoms with Crippen LogP contribution in [0.1, 0.15) is 61.3 Å². The Labute approximate surface area is 146 Å². The lowest BCUT2D eigenvalue weighted by atomic mass is 9.84. The molecule has 2 aromatic heterocycles. The Balaban J connectivity index is 1.32. The summed E-state index contributed by atoms with van der Waals surface area (Å²) in [6, 6.07) is 2.31. The Morgan fingerprint density at radius 2 is 2.08 bits per heavy atom. The Hall–Kier alpha value is -1.95. The molecule has 0 radical (unpaired) electrons. The summed E-state index contributed by atoms with van der Waals surface area (Å²) in [4.78, 5) is 17.0. The Bertz CT molecular complexity index is 805. The van der Waals surface area contributed by atoms with Crippen molar-refractivity contribution in [3.05, 3.63) is 24.0 Å². The minimum atomic E-state index is -0.273. The standard InChI is InChI=1S/C19H23N3O3/c23-18(25-16-5-6-19(8-16)11-24-12-19)14-7-13-10-21-22(17(13)20-9-14)15-3-1-2-4-15/h7,9-10,15-16H,1-6,8,11-12H2. The molecular formula is C19H23N3O3. The molecule has 132 valence electrons. The number of nitrogens with zero attached hydrogens (tertiary/aromatic N) is 3. The first-order valence-corrected chi connectivity index (χ1v) is 9.35. The average molecular weight is 341 g/mol. The minimum Gasteiger partial charge on any atom is -0.459 e. The summed E-state index contributed by atoms with van der Waals surface area (Å²) < 4.78 is 13.1. The first-order chi connectivity index (χ1) is 12.2. The van der Waals surface area contributed by atoms with Gasteiger partial charge in [-0.1, -0.05) is 12.8 Å². The molecule has 0 N–H and O–H groups in total. The molecule has 2 saturated carbocycles. The van der Waals surface area contributed by atoms with Crippen LogP contribution in [0, 0.1) is 5.41 Å². The van der Waals surface area contributed by atoms with Crippen molar-refractivity contribution >= 4 is 17.0 Å². The van der Waals surface area contributed by atoms with Gasteiger partial charge in [0.25, 0.3) is 0 Å². The maximum Gasteiger partial charge on any atom is 0.340 e. The van der Waals surface area contributed by atoms with Gasteiger partial charge >= 0.3 is 5.97 Å². The smallest absolute Gasteiger partial charge is 0.340 e. The van der Waals surface area contributed by atoms with Crippen LogP contribution in [0.25, 0.3) is 11.0 Å². The van der Waals surface area contributed by atoms with Crippen LogP contribution >= 0.6 is 0 Å². The zero-order valence-electron chi connectivity index (χ0n) is 14.3. The quantitative estimate of drug-likeness (QED) is 0.802. The van der Waals surface area contributed by atoms with E-state index in [1.165, 1.54) is 12.8 Å². The van der Waals surface area contributed by atoms with Crippen LogP contribution < -0.4 is 0 Å². The third kappa shape index (κ3) is 2.63. The highest BCUT2D eigenvalue weighted by Crippen LogP contribution is 2.45. The third-order valence-corrected chi connectivity index (χ3v) is 6.09. The van der Waals surface area contributed by atoms with E-state index in [4.69, 9.17) is 9.47 Å². The lowest BCUT2D eigenvalue weighted by molar-refractivity contribution is -0.113. The maximum absolute atomic E-state index is 12.5. The van der Waals surface area contributed by atoms with E-state index in [-0.39, 0.29) is 17.5 Å². The van der Waals surface area contributed by atoms with E-state index >= 15 is 0 Å². The summed E-state index contributed by atoms with van der Waals surface area (Å²) in [7, 11) is 0. The normalized spacial score (nSPS) is 25.5. The highest BCUT2D eigenvalue weighted by Gasteiger charge is 2.46. The molecular weight excluding hydrogens is 318 g/mol. The van der Waals surface area contributed by atoms with Crippen molar-refractivity contribution in [3.63, 3.8) is 0 Å². The first kappa shape index (κ1) is 15.3. The molecule has 25 heavy (non-hydrogen) atoms. The summed E-state index contributed by atoms with van der Waals surface area (Å²) in [5.74, 6) is -0.273. The van der Waals surface area contributed by atoms with E-state index in [0.717, 1.165) is 56.4 Å². The molecule has 0 bridgehead atoms. The summed E-state index contributed by atoms with van der Waals surface area (Å²) in [5.41, 5.74) is 1.66. The number of esters is 1. The molecule has 3 aliphatic rings. The number of aromatic nitrogens is 3. The predicted molar refractivity (Wildman–Crippen MR) is 91.3 cm³/mol. The molecule has 0 amide bonds. The molecule has 1 saturated heterocycles. The van der Waals surface area contributed by atoms with E-state index in [1.807, 2.05) is 16.9 Å². The predicted octanol–water partition coefficient (Wildman–Crippen LogP) is 3.27. The molecule has 0 aromatic carbocycles. The van der Waals surface area contributed by atoms with Crippen molar-refractivity contribution in [2.75, 3.05) is 13.2 Å². The molecule has 2 aromatic rings. The molecule has 1 spiro atoms. The monoisotopic (exact) mass is 341 g/mol. The van der Waals surface area contributed by atoms with Gasteiger partial charge in [-0.2, -0.15) is 5.10 Å². The lowest BCUT2D eigenvalue weighted by Crippen LogP contribution is -2.40. The van der Waals surface area contributed by atoms with Crippen LogP contribution in [0.4, 0.5) is 0 Å². The highest BCUT2D eigenvalue weighted by molar-refractivity contribution is 5.93. The van der Waals surface area contributed by atoms with Crippen molar-refractivity contribution in [2.45, 2.75) is 57.1 Å². The van der Waals surface area contributed by atoms with Crippen molar-refractivity contribution < 1.29 is 14.3 Å². The number of hydrogen-bond acceptors (Lipinski definition) is 5. The molecule has 2 aliphatic carbocycles.